The fourth-order valence-electron chi connectivity index (χ4n) is 3.36. The molecule has 14 heteroatoms. The van der Waals surface area contributed by atoms with Crippen molar-refractivity contribution in [3.8, 4) is 0 Å². The summed E-state index contributed by atoms with van der Waals surface area (Å²) in [5, 5.41) is 3.55. The molecule has 0 aromatic heterocycles. The standard InChI is InChI=1S/C19H27N3O11/c1-10(23)28-6-15-17(32-14(5)27)19(8-30-12(3)25,9-31-13(4)26)16(7-29-11(2)24)33-18(15)21-22-20/h15-18H,6-9H2,1-5H3/t15-,16-,17+,18+/m0/s1. The molecule has 1 fully saturated rings. The highest BCUT2D eigenvalue weighted by molar-refractivity contribution is 5.68. The number of esters is 5. The second-order valence-corrected chi connectivity index (χ2v) is 7.31. The van der Waals surface area contributed by atoms with Crippen molar-refractivity contribution in [2.24, 2.45) is 16.4 Å². The van der Waals surface area contributed by atoms with Crippen molar-refractivity contribution in [2.75, 3.05) is 26.4 Å². The molecule has 4 atom stereocenters. The molecule has 0 unspecified atom stereocenters. The summed E-state index contributed by atoms with van der Waals surface area (Å²) >= 11 is 0. The molecule has 0 amide bonds. The maximum absolute atomic E-state index is 12.0. The Morgan fingerprint density at radius 1 is 0.818 bits per heavy atom. The number of rotatable bonds is 10. The van der Waals surface area contributed by atoms with Crippen LogP contribution in [0.5, 0.6) is 0 Å². The van der Waals surface area contributed by atoms with E-state index in [9.17, 15) is 24.0 Å². The van der Waals surface area contributed by atoms with Gasteiger partial charge in [0.25, 0.3) is 0 Å². The largest absolute Gasteiger partial charge is 0.465 e. The van der Waals surface area contributed by atoms with Gasteiger partial charge in [0.2, 0.25) is 0 Å². The van der Waals surface area contributed by atoms with Crippen LogP contribution in [0.1, 0.15) is 34.6 Å². The quantitative estimate of drug-likeness (QED) is 0.143. The third-order valence-electron chi connectivity index (χ3n) is 4.73. The summed E-state index contributed by atoms with van der Waals surface area (Å²) in [4.78, 5) is 60.9. The molecule has 1 aliphatic rings. The second-order valence-electron chi connectivity index (χ2n) is 7.31. The lowest BCUT2D eigenvalue weighted by atomic mass is 9.70. The first kappa shape index (κ1) is 27.7. The van der Waals surface area contributed by atoms with E-state index in [1.807, 2.05) is 0 Å². The van der Waals surface area contributed by atoms with Crippen LogP contribution in [0.4, 0.5) is 0 Å². The van der Waals surface area contributed by atoms with Crippen molar-refractivity contribution in [2.45, 2.75) is 53.1 Å². The van der Waals surface area contributed by atoms with E-state index in [2.05, 4.69) is 10.0 Å². The van der Waals surface area contributed by atoms with Crippen molar-refractivity contribution in [3.05, 3.63) is 10.4 Å². The third kappa shape index (κ3) is 8.24. The lowest BCUT2D eigenvalue weighted by molar-refractivity contribution is -0.264. The Bertz CT molecular complexity index is 791. The summed E-state index contributed by atoms with van der Waals surface area (Å²) in [6.07, 6.45) is -3.89. The average Bonchev–Trinajstić information content (AvgIpc) is 2.69. The molecule has 0 radical (unpaired) electrons. The zero-order chi connectivity index (χ0) is 25.2. The van der Waals surface area contributed by atoms with Gasteiger partial charge in [-0.2, -0.15) is 0 Å². The molecule has 0 aromatic rings. The van der Waals surface area contributed by atoms with Gasteiger partial charge >= 0.3 is 29.8 Å². The lowest BCUT2D eigenvalue weighted by Gasteiger charge is -2.51. The first-order valence-electron chi connectivity index (χ1n) is 9.83. The molecule has 0 aromatic carbocycles. The third-order valence-corrected chi connectivity index (χ3v) is 4.73. The zero-order valence-corrected chi connectivity index (χ0v) is 19.0. The molecule has 1 aliphatic heterocycles. The van der Waals surface area contributed by atoms with E-state index < -0.39 is 86.0 Å². The Hall–Kier alpha value is -3.38. The van der Waals surface area contributed by atoms with Gasteiger partial charge in [-0.3, -0.25) is 24.0 Å². The number of azide groups is 1. The Labute approximate surface area is 189 Å². The number of hydrogen-bond donors (Lipinski definition) is 0. The summed E-state index contributed by atoms with van der Waals surface area (Å²) in [7, 11) is 0. The van der Waals surface area contributed by atoms with Gasteiger partial charge in [0, 0.05) is 39.5 Å². The minimum absolute atomic E-state index is 0.418. The van der Waals surface area contributed by atoms with Crippen LogP contribution in [0.2, 0.25) is 0 Å². The molecule has 0 spiro atoms. The fraction of sp³-hybridized carbons (Fsp3) is 0.737. The van der Waals surface area contributed by atoms with Gasteiger partial charge < -0.3 is 28.4 Å². The Balaban J connectivity index is 3.67. The monoisotopic (exact) mass is 473 g/mol. The summed E-state index contributed by atoms with van der Waals surface area (Å²) in [6.45, 7) is 3.77. The van der Waals surface area contributed by atoms with E-state index in [0.29, 0.717) is 0 Å². The molecular weight excluding hydrogens is 446 g/mol. The maximum atomic E-state index is 12.0. The van der Waals surface area contributed by atoms with Crippen LogP contribution in [-0.2, 0) is 52.4 Å². The summed E-state index contributed by atoms with van der Waals surface area (Å²) in [6, 6.07) is 0. The molecule has 14 nitrogen and oxygen atoms in total. The Kier molecular flexibility index (Phi) is 10.6. The highest BCUT2D eigenvalue weighted by Gasteiger charge is 2.60. The van der Waals surface area contributed by atoms with E-state index in [1.54, 1.807) is 0 Å². The summed E-state index contributed by atoms with van der Waals surface area (Å²) in [5.41, 5.74) is 7.39. The lowest BCUT2D eigenvalue weighted by Crippen LogP contribution is -2.65. The van der Waals surface area contributed by atoms with Crippen molar-refractivity contribution in [3.63, 3.8) is 0 Å². The predicted molar refractivity (Wildman–Crippen MR) is 106 cm³/mol. The van der Waals surface area contributed by atoms with Crippen molar-refractivity contribution < 1.29 is 52.4 Å². The average molecular weight is 473 g/mol. The van der Waals surface area contributed by atoms with E-state index in [1.165, 1.54) is 0 Å². The normalized spacial score (nSPS) is 23.3. The van der Waals surface area contributed by atoms with Crippen molar-refractivity contribution in [1.29, 1.82) is 0 Å². The van der Waals surface area contributed by atoms with Crippen LogP contribution in [0.3, 0.4) is 0 Å². The molecule has 1 saturated heterocycles. The molecule has 0 N–H and O–H groups in total. The zero-order valence-electron chi connectivity index (χ0n) is 19.0. The van der Waals surface area contributed by atoms with Gasteiger partial charge in [0.1, 0.15) is 50.3 Å². The Morgan fingerprint density at radius 2 is 1.30 bits per heavy atom. The van der Waals surface area contributed by atoms with Crippen LogP contribution in [0.25, 0.3) is 10.4 Å². The molecule has 0 bridgehead atoms. The molecule has 1 rings (SSSR count). The SMILES string of the molecule is CC(=O)OC[C@@H]1[C@H](N=[N+]=[N-])O[C@@H](COC(C)=O)C(COC(C)=O)(COC(C)=O)[C@@H]1OC(C)=O. The molecule has 184 valence electrons. The van der Waals surface area contributed by atoms with E-state index in [-0.39, 0.29) is 0 Å². The van der Waals surface area contributed by atoms with Crippen molar-refractivity contribution >= 4 is 29.8 Å². The second kappa shape index (κ2) is 12.6. The van der Waals surface area contributed by atoms with Crippen LogP contribution in [0, 0.1) is 11.3 Å². The number of carbonyl (C=O) groups is 5. The van der Waals surface area contributed by atoms with E-state index in [4.69, 9.17) is 34.0 Å². The number of ether oxygens (including phenoxy) is 6. The number of hydrogen-bond acceptors (Lipinski definition) is 12. The van der Waals surface area contributed by atoms with Gasteiger partial charge in [0.05, 0.1) is 5.92 Å². The van der Waals surface area contributed by atoms with E-state index in [0.717, 1.165) is 34.6 Å². The van der Waals surface area contributed by atoms with Gasteiger partial charge in [-0.1, -0.05) is 5.11 Å². The van der Waals surface area contributed by atoms with Crippen LogP contribution >= 0.6 is 0 Å². The number of carbonyl (C=O) groups excluding carboxylic acids is 5. The first-order chi connectivity index (χ1) is 15.4. The van der Waals surface area contributed by atoms with Crippen molar-refractivity contribution in [1.82, 2.24) is 0 Å². The van der Waals surface area contributed by atoms with Gasteiger partial charge in [0.15, 0.2) is 0 Å². The molecule has 0 saturated carbocycles. The summed E-state index contributed by atoms with van der Waals surface area (Å²) in [5.74, 6) is -4.65. The van der Waals surface area contributed by atoms with Gasteiger partial charge in [-0.05, 0) is 5.53 Å². The number of nitrogens with zero attached hydrogens (tertiary/aromatic N) is 3. The first-order valence-corrected chi connectivity index (χ1v) is 9.83. The minimum atomic E-state index is -1.62. The summed E-state index contributed by atoms with van der Waals surface area (Å²) < 4.78 is 31.8. The van der Waals surface area contributed by atoms with Crippen LogP contribution in [0.15, 0.2) is 5.11 Å². The highest BCUT2D eigenvalue weighted by Crippen LogP contribution is 2.44. The molecule has 33 heavy (non-hydrogen) atoms. The topological polar surface area (TPSA) is 189 Å². The van der Waals surface area contributed by atoms with Crippen LogP contribution < -0.4 is 0 Å². The predicted octanol–water partition coefficient (Wildman–Crippen LogP) is 0.808. The van der Waals surface area contributed by atoms with Gasteiger partial charge in [-0.15, -0.1) is 0 Å². The van der Waals surface area contributed by atoms with Crippen LogP contribution in [-0.4, -0.2) is 74.7 Å². The smallest absolute Gasteiger partial charge is 0.302 e. The maximum Gasteiger partial charge on any atom is 0.302 e. The van der Waals surface area contributed by atoms with Gasteiger partial charge in [-0.25, -0.2) is 0 Å². The minimum Gasteiger partial charge on any atom is -0.465 e. The molecular formula is C19H27N3O11. The van der Waals surface area contributed by atoms with E-state index >= 15 is 0 Å². The highest BCUT2D eigenvalue weighted by atomic mass is 16.6. The molecule has 0 aliphatic carbocycles. The fourth-order valence-corrected chi connectivity index (χ4v) is 3.36. The Morgan fingerprint density at radius 3 is 1.73 bits per heavy atom. The molecule has 1 heterocycles.